The van der Waals surface area contributed by atoms with E-state index in [0.717, 1.165) is 5.92 Å². The highest BCUT2D eigenvalue weighted by Gasteiger charge is 1.86. The van der Waals surface area contributed by atoms with E-state index in [2.05, 4.69) is 118 Å². The molecular formula is C24H26. The van der Waals surface area contributed by atoms with E-state index in [1.54, 1.807) is 0 Å². The Balaban J connectivity index is 0.000000143. The Morgan fingerprint density at radius 2 is 0.500 bits per heavy atom. The van der Waals surface area contributed by atoms with Gasteiger partial charge in [-0.3, -0.25) is 0 Å². The summed E-state index contributed by atoms with van der Waals surface area (Å²) in [5.74, 6) is 0.833. The molecule has 24 heavy (non-hydrogen) atoms. The maximum atomic E-state index is 2.17. The summed E-state index contributed by atoms with van der Waals surface area (Å²) in [6.45, 7) is 6.50. The van der Waals surface area contributed by atoms with Crippen LogP contribution in [0.3, 0.4) is 0 Å². The molecule has 0 aromatic heterocycles. The molecule has 0 saturated heterocycles. The Morgan fingerprint density at radius 3 is 0.625 bits per heavy atom. The summed E-state index contributed by atoms with van der Waals surface area (Å²) in [6.07, 6.45) is 0. The minimum atomic E-state index is 0.833. The molecule has 0 heterocycles. The standard InChI is InChI=1S/2C10H8.C4H10/c2*1-2-6-10-8-4-3-7-9(10)5-1;1-4(2)3/h2*1-8H;4H,1-3H3. The number of hydrogen-bond acceptors (Lipinski definition) is 0. The van der Waals surface area contributed by atoms with E-state index >= 15 is 0 Å². The van der Waals surface area contributed by atoms with Gasteiger partial charge < -0.3 is 0 Å². The van der Waals surface area contributed by atoms with Gasteiger partial charge in [0.2, 0.25) is 0 Å². The Kier molecular flexibility index (Phi) is 7.04. The molecule has 0 aliphatic carbocycles. The van der Waals surface area contributed by atoms with Gasteiger partial charge in [-0.2, -0.15) is 0 Å². The first-order chi connectivity index (χ1) is 11.7. The van der Waals surface area contributed by atoms with Crippen molar-refractivity contribution in [1.82, 2.24) is 0 Å². The van der Waals surface area contributed by atoms with E-state index in [0.29, 0.717) is 0 Å². The van der Waals surface area contributed by atoms with E-state index in [9.17, 15) is 0 Å². The molecule has 4 rings (SSSR count). The summed E-state index contributed by atoms with van der Waals surface area (Å²) in [4.78, 5) is 0. The van der Waals surface area contributed by atoms with Crippen LogP contribution in [0.1, 0.15) is 20.8 Å². The molecule has 0 aliphatic rings. The molecule has 4 aromatic carbocycles. The average Bonchev–Trinajstić information content (AvgIpc) is 2.62. The lowest BCUT2D eigenvalue weighted by Gasteiger charge is -1.92. The normalized spacial score (nSPS) is 9.83. The van der Waals surface area contributed by atoms with Gasteiger partial charge >= 0.3 is 0 Å². The lowest BCUT2D eigenvalue weighted by Crippen LogP contribution is -1.67. The Morgan fingerprint density at radius 1 is 0.375 bits per heavy atom. The minimum absolute atomic E-state index is 0.833. The molecule has 0 nitrogen and oxygen atoms in total. The molecule has 0 bridgehead atoms. The van der Waals surface area contributed by atoms with Crippen LogP contribution in [0.25, 0.3) is 21.5 Å². The third-order valence-corrected chi connectivity index (χ3v) is 3.32. The van der Waals surface area contributed by atoms with Crippen LogP contribution in [0.15, 0.2) is 97.1 Å². The SMILES string of the molecule is CC(C)C.c1ccc2ccccc2c1.c1ccc2ccccc2c1. The first-order valence-corrected chi connectivity index (χ1v) is 8.54. The Hall–Kier alpha value is -2.60. The van der Waals surface area contributed by atoms with Gasteiger partial charge in [0.05, 0.1) is 0 Å². The lowest BCUT2D eigenvalue weighted by atomic mass is 10.1. The van der Waals surface area contributed by atoms with E-state index in [1.807, 2.05) is 0 Å². The maximum absolute atomic E-state index is 2.17. The second-order valence-corrected chi connectivity index (χ2v) is 6.43. The molecule has 0 N–H and O–H groups in total. The van der Waals surface area contributed by atoms with E-state index in [4.69, 9.17) is 0 Å². The van der Waals surface area contributed by atoms with Crippen LogP contribution in [0.4, 0.5) is 0 Å². The highest BCUT2D eigenvalue weighted by atomic mass is 13.9. The van der Waals surface area contributed by atoms with Crippen molar-refractivity contribution < 1.29 is 0 Å². The molecule has 0 unspecified atom stereocenters. The molecule has 0 radical (unpaired) electrons. The van der Waals surface area contributed by atoms with Crippen molar-refractivity contribution in [3.05, 3.63) is 97.1 Å². The molecular weight excluding hydrogens is 288 g/mol. The molecule has 0 fully saturated rings. The van der Waals surface area contributed by atoms with Crippen LogP contribution < -0.4 is 0 Å². The molecule has 0 atom stereocenters. The first-order valence-electron chi connectivity index (χ1n) is 8.54. The highest BCUT2D eigenvalue weighted by molar-refractivity contribution is 5.82. The van der Waals surface area contributed by atoms with Crippen LogP contribution in [-0.2, 0) is 0 Å². The van der Waals surface area contributed by atoms with Crippen LogP contribution >= 0.6 is 0 Å². The molecule has 122 valence electrons. The number of hydrogen-bond donors (Lipinski definition) is 0. The summed E-state index contributed by atoms with van der Waals surface area (Å²) in [7, 11) is 0. The van der Waals surface area contributed by atoms with Crippen molar-refractivity contribution in [3.63, 3.8) is 0 Å². The van der Waals surface area contributed by atoms with Crippen LogP contribution in [0, 0.1) is 5.92 Å². The summed E-state index contributed by atoms with van der Waals surface area (Å²) in [6, 6.07) is 33.4. The van der Waals surface area contributed by atoms with Crippen molar-refractivity contribution >= 4 is 21.5 Å². The highest BCUT2D eigenvalue weighted by Crippen LogP contribution is 2.11. The third-order valence-electron chi connectivity index (χ3n) is 3.32. The van der Waals surface area contributed by atoms with Gasteiger partial charge in [-0.05, 0) is 27.5 Å². The van der Waals surface area contributed by atoms with Crippen molar-refractivity contribution in [3.8, 4) is 0 Å². The second kappa shape index (κ2) is 9.52. The molecule has 0 spiro atoms. The van der Waals surface area contributed by atoms with Gasteiger partial charge in [0.25, 0.3) is 0 Å². The molecule has 0 amide bonds. The zero-order chi connectivity index (χ0) is 17.2. The zero-order valence-corrected chi connectivity index (χ0v) is 14.8. The monoisotopic (exact) mass is 314 g/mol. The third kappa shape index (κ3) is 5.89. The summed E-state index contributed by atoms with van der Waals surface area (Å²) in [5.41, 5.74) is 0. The smallest absolute Gasteiger partial charge is 0.0184 e. The zero-order valence-electron chi connectivity index (χ0n) is 14.8. The Labute approximate surface area is 145 Å². The van der Waals surface area contributed by atoms with E-state index < -0.39 is 0 Å². The average molecular weight is 314 g/mol. The van der Waals surface area contributed by atoms with Gasteiger partial charge in [-0.1, -0.05) is 118 Å². The minimum Gasteiger partial charge on any atom is -0.0630 e. The van der Waals surface area contributed by atoms with Crippen molar-refractivity contribution in [2.75, 3.05) is 0 Å². The van der Waals surface area contributed by atoms with Crippen molar-refractivity contribution in [2.45, 2.75) is 20.8 Å². The predicted octanol–water partition coefficient (Wildman–Crippen LogP) is 7.34. The van der Waals surface area contributed by atoms with Crippen LogP contribution in [-0.4, -0.2) is 0 Å². The number of benzene rings is 4. The molecule has 4 aromatic rings. The first kappa shape index (κ1) is 17.7. The largest absolute Gasteiger partial charge is 0.0630 e. The Bertz CT molecular complexity index is 654. The summed E-state index contributed by atoms with van der Waals surface area (Å²) >= 11 is 0. The quantitative estimate of drug-likeness (QED) is 0.318. The summed E-state index contributed by atoms with van der Waals surface area (Å²) < 4.78 is 0. The molecule has 0 aliphatic heterocycles. The predicted molar refractivity (Wildman–Crippen MR) is 108 cm³/mol. The molecule has 0 heteroatoms. The van der Waals surface area contributed by atoms with Gasteiger partial charge in [0.15, 0.2) is 0 Å². The van der Waals surface area contributed by atoms with E-state index in [1.165, 1.54) is 21.5 Å². The van der Waals surface area contributed by atoms with Gasteiger partial charge in [0, 0.05) is 0 Å². The van der Waals surface area contributed by atoms with Gasteiger partial charge in [0.1, 0.15) is 0 Å². The fourth-order valence-electron chi connectivity index (χ4n) is 2.27. The number of rotatable bonds is 0. The van der Waals surface area contributed by atoms with Crippen LogP contribution in [0.2, 0.25) is 0 Å². The summed E-state index contributed by atoms with van der Waals surface area (Å²) in [5, 5.41) is 5.24. The lowest BCUT2D eigenvalue weighted by molar-refractivity contribution is 0.737. The van der Waals surface area contributed by atoms with Gasteiger partial charge in [-0.25, -0.2) is 0 Å². The van der Waals surface area contributed by atoms with Crippen molar-refractivity contribution in [1.29, 1.82) is 0 Å². The fourth-order valence-corrected chi connectivity index (χ4v) is 2.27. The maximum Gasteiger partial charge on any atom is -0.0184 e. The topological polar surface area (TPSA) is 0 Å². The second-order valence-electron chi connectivity index (χ2n) is 6.43. The van der Waals surface area contributed by atoms with Crippen LogP contribution in [0.5, 0.6) is 0 Å². The fraction of sp³-hybridized carbons (Fsp3) is 0.167. The molecule has 0 saturated carbocycles. The van der Waals surface area contributed by atoms with Gasteiger partial charge in [-0.15, -0.1) is 0 Å². The van der Waals surface area contributed by atoms with E-state index in [-0.39, 0.29) is 0 Å². The number of fused-ring (bicyclic) bond motifs is 2. The van der Waals surface area contributed by atoms with Crippen molar-refractivity contribution in [2.24, 2.45) is 5.92 Å².